The number of aryl methyl sites for hydroxylation is 4. The molecule has 4 heterocycles. The summed E-state index contributed by atoms with van der Waals surface area (Å²) < 4.78 is 8.15. The lowest BCUT2D eigenvalue weighted by Gasteiger charge is -2.08. The number of nitrogens with one attached hydrogen (secondary N) is 2. The Hall–Kier alpha value is -4.02. The number of rotatable bonds is 5. The summed E-state index contributed by atoms with van der Waals surface area (Å²) in [6, 6.07) is 3.59. The van der Waals surface area contributed by atoms with Gasteiger partial charge in [0.25, 0.3) is 0 Å². The summed E-state index contributed by atoms with van der Waals surface area (Å²) in [5, 5.41) is 15.9. The summed E-state index contributed by atoms with van der Waals surface area (Å²) in [5.41, 5.74) is 3.24. The number of fused-ring (bicyclic) bond motifs is 1. The van der Waals surface area contributed by atoms with Gasteiger partial charge in [-0.25, -0.2) is 14.5 Å². The molecule has 0 aliphatic carbocycles. The summed E-state index contributed by atoms with van der Waals surface area (Å²) >= 11 is 0. The molecule has 2 N–H and O–H groups in total. The highest BCUT2D eigenvalue weighted by Gasteiger charge is 2.15. The predicted octanol–water partition coefficient (Wildman–Crippen LogP) is 2.38. The fraction of sp³-hybridized carbons (Fsp3) is 0.263. The van der Waals surface area contributed by atoms with Crippen LogP contribution in [0, 0.1) is 13.8 Å². The van der Waals surface area contributed by atoms with Crippen LogP contribution in [0.3, 0.4) is 0 Å². The Balaban J connectivity index is 1.67. The molecule has 11 nitrogen and oxygen atoms in total. The highest BCUT2D eigenvalue weighted by atomic mass is 16.5. The topological polar surface area (TPSA) is 125 Å². The maximum absolute atomic E-state index is 11.8. The molecule has 0 radical (unpaired) electrons. The van der Waals surface area contributed by atoms with Crippen molar-refractivity contribution in [1.29, 1.82) is 0 Å². The van der Waals surface area contributed by atoms with Crippen molar-refractivity contribution in [1.82, 2.24) is 34.5 Å². The van der Waals surface area contributed by atoms with Crippen LogP contribution in [-0.2, 0) is 18.8 Å². The van der Waals surface area contributed by atoms with Gasteiger partial charge < -0.3 is 15.4 Å². The number of methoxy groups -OCH3 is 1. The van der Waals surface area contributed by atoms with E-state index in [1.165, 1.54) is 13.3 Å². The third-order valence-electron chi connectivity index (χ3n) is 4.58. The predicted molar refractivity (Wildman–Crippen MR) is 111 cm³/mol. The number of carbonyl (C=O) groups excluding carboxylic acids is 1. The number of hydrogen-bond acceptors (Lipinski definition) is 9. The van der Waals surface area contributed by atoms with E-state index in [1.807, 2.05) is 27.0 Å². The minimum atomic E-state index is -0.458. The lowest BCUT2D eigenvalue weighted by Crippen LogP contribution is -2.05. The van der Waals surface area contributed by atoms with Crippen LogP contribution in [-0.4, -0.2) is 47.6 Å². The molecule has 4 aromatic rings. The van der Waals surface area contributed by atoms with Gasteiger partial charge in [-0.1, -0.05) is 0 Å². The maximum atomic E-state index is 11.8. The molecule has 0 aliphatic heterocycles. The Labute approximate surface area is 172 Å². The molecule has 0 atom stereocenters. The van der Waals surface area contributed by atoms with Crippen molar-refractivity contribution in [3.8, 4) is 0 Å². The first kappa shape index (κ1) is 19.3. The molecular formula is C19H21N9O2. The highest BCUT2D eigenvalue weighted by molar-refractivity contribution is 5.92. The average molecular weight is 407 g/mol. The first-order valence-corrected chi connectivity index (χ1v) is 9.15. The quantitative estimate of drug-likeness (QED) is 0.480. The van der Waals surface area contributed by atoms with Gasteiger partial charge in [0.1, 0.15) is 5.82 Å². The second kappa shape index (κ2) is 7.43. The van der Waals surface area contributed by atoms with Crippen molar-refractivity contribution in [2.75, 3.05) is 17.7 Å². The molecule has 0 aliphatic rings. The second-order valence-electron chi connectivity index (χ2n) is 6.80. The van der Waals surface area contributed by atoms with Gasteiger partial charge in [-0.3, -0.25) is 9.67 Å². The number of nitrogens with zero attached hydrogens (tertiary/aromatic N) is 7. The van der Waals surface area contributed by atoms with E-state index in [9.17, 15) is 4.79 Å². The van der Waals surface area contributed by atoms with E-state index in [2.05, 4.69) is 35.8 Å². The molecule has 0 saturated carbocycles. The summed E-state index contributed by atoms with van der Waals surface area (Å²) in [4.78, 5) is 25.0. The molecule has 0 unspecified atom stereocenters. The van der Waals surface area contributed by atoms with E-state index in [0.717, 1.165) is 16.9 Å². The van der Waals surface area contributed by atoms with E-state index < -0.39 is 5.97 Å². The van der Waals surface area contributed by atoms with Gasteiger partial charge >= 0.3 is 5.97 Å². The van der Waals surface area contributed by atoms with E-state index >= 15 is 0 Å². The molecular weight excluding hydrogens is 386 g/mol. The lowest BCUT2D eigenvalue weighted by molar-refractivity contribution is 0.0600. The van der Waals surface area contributed by atoms with Gasteiger partial charge in [0.05, 0.1) is 35.1 Å². The third kappa shape index (κ3) is 3.52. The number of hydrogen-bond donors (Lipinski definition) is 2. The van der Waals surface area contributed by atoms with Crippen molar-refractivity contribution in [3.05, 3.63) is 41.5 Å². The van der Waals surface area contributed by atoms with E-state index in [1.54, 1.807) is 28.7 Å². The molecule has 4 aromatic heterocycles. The number of esters is 1. The van der Waals surface area contributed by atoms with Crippen LogP contribution in [0.1, 0.15) is 21.7 Å². The van der Waals surface area contributed by atoms with Crippen molar-refractivity contribution in [2.24, 2.45) is 14.1 Å². The zero-order valence-electron chi connectivity index (χ0n) is 17.3. The molecule has 0 aromatic carbocycles. The van der Waals surface area contributed by atoms with Crippen molar-refractivity contribution in [2.45, 2.75) is 13.8 Å². The van der Waals surface area contributed by atoms with Gasteiger partial charge in [0.2, 0.25) is 5.95 Å². The standard InChI is InChI=1S/C19H21N9O2/c1-10-6-15(27(3)25-10)23-19-21-9-13-16(26-28(4)17(13)24-19)22-14-7-12(18(29)30-5)8-20-11(14)2/h6-9H,1-5H3,(H,22,26)(H,21,23,24). The van der Waals surface area contributed by atoms with Crippen LogP contribution < -0.4 is 10.6 Å². The molecule has 0 fully saturated rings. The van der Waals surface area contributed by atoms with E-state index in [-0.39, 0.29) is 0 Å². The first-order valence-electron chi connectivity index (χ1n) is 9.15. The highest BCUT2D eigenvalue weighted by Crippen LogP contribution is 2.27. The summed E-state index contributed by atoms with van der Waals surface area (Å²) in [6.07, 6.45) is 3.17. The lowest BCUT2D eigenvalue weighted by atomic mass is 10.2. The number of carbonyl (C=O) groups is 1. The SMILES string of the molecule is COC(=O)c1cnc(C)c(Nc2nn(C)c3nc(Nc4cc(C)nn4C)ncc23)c1. The molecule has 0 spiro atoms. The number of anilines is 4. The zero-order valence-corrected chi connectivity index (χ0v) is 17.3. The largest absolute Gasteiger partial charge is 0.465 e. The summed E-state index contributed by atoms with van der Waals surface area (Å²) in [5.74, 6) is 1.32. The van der Waals surface area contributed by atoms with Gasteiger partial charge in [-0.15, -0.1) is 0 Å². The molecule has 154 valence electrons. The van der Waals surface area contributed by atoms with Crippen LogP contribution in [0.2, 0.25) is 0 Å². The molecule has 0 amide bonds. The van der Waals surface area contributed by atoms with Gasteiger partial charge in [0.15, 0.2) is 11.5 Å². The minimum Gasteiger partial charge on any atom is -0.465 e. The van der Waals surface area contributed by atoms with Crippen LogP contribution in [0.25, 0.3) is 11.0 Å². The van der Waals surface area contributed by atoms with Crippen LogP contribution in [0.15, 0.2) is 24.5 Å². The summed E-state index contributed by atoms with van der Waals surface area (Å²) in [6.45, 7) is 3.75. The monoisotopic (exact) mass is 407 g/mol. The zero-order chi connectivity index (χ0) is 21.4. The maximum Gasteiger partial charge on any atom is 0.339 e. The second-order valence-corrected chi connectivity index (χ2v) is 6.80. The normalized spacial score (nSPS) is 11.0. The molecule has 30 heavy (non-hydrogen) atoms. The van der Waals surface area contributed by atoms with Gasteiger partial charge in [-0.05, 0) is 19.9 Å². The van der Waals surface area contributed by atoms with Crippen molar-refractivity contribution >= 4 is 40.3 Å². The molecule has 0 saturated heterocycles. The average Bonchev–Trinajstić information content (AvgIpc) is 3.20. The molecule has 0 bridgehead atoms. The first-order chi connectivity index (χ1) is 14.4. The van der Waals surface area contributed by atoms with Crippen molar-refractivity contribution in [3.63, 3.8) is 0 Å². The molecule has 4 rings (SSSR count). The van der Waals surface area contributed by atoms with Crippen LogP contribution >= 0.6 is 0 Å². The van der Waals surface area contributed by atoms with Crippen molar-refractivity contribution < 1.29 is 9.53 Å². The van der Waals surface area contributed by atoms with Gasteiger partial charge in [0, 0.05) is 32.6 Å². The summed E-state index contributed by atoms with van der Waals surface area (Å²) in [7, 11) is 4.98. The number of aromatic nitrogens is 7. The number of ether oxygens (including phenoxy) is 1. The Morgan fingerprint density at radius 3 is 2.53 bits per heavy atom. The fourth-order valence-corrected chi connectivity index (χ4v) is 3.05. The Kier molecular flexibility index (Phi) is 4.78. The van der Waals surface area contributed by atoms with E-state index in [4.69, 9.17) is 4.74 Å². The van der Waals surface area contributed by atoms with E-state index in [0.29, 0.717) is 34.4 Å². The Bertz CT molecular complexity index is 1260. The number of pyridine rings is 1. The minimum absolute atomic E-state index is 0.347. The third-order valence-corrected chi connectivity index (χ3v) is 4.58. The molecule has 11 heteroatoms. The van der Waals surface area contributed by atoms with Crippen LogP contribution in [0.5, 0.6) is 0 Å². The fourth-order valence-electron chi connectivity index (χ4n) is 3.05. The smallest absolute Gasteiger partial charge is 0.339 e. The Morgan fingerprint density at radius 2 is 1.83 bits per heavy atom. The Morgan fingerprint density at radius 1 is 1.03 bits per heavy atom. The van der Waals surface area contributed by atoms with Crippen LogP contribution in [0.4, 0.5) is 23.3 Å². The van der Waals surface area contributed by atoms with Gasteiger partial charge in [-0.2, -0.15) is 15.2 Å².